The van der Waals surface area contributed by atoms with Crippen LogP contribution in [0.3, 0.4) is 0 Å². The molecule has 0 heterocycles. The molecule has 0 bridgehead atoms. The predicted octanol–water partition coefficient (Wildman–Crippen LogP) is 4.40. The fourth-order valence-corrected chi connectivity index (χ4v) is 2.07. The van der Waals surface area contributed by atoms with Crippen LogP contribution in [0.4, 0.5) is 8.78 Å². The maximum Gasteiger partial charge on any atom is 0.166 e. The lowest BCUT2D eigenvalue weighted by Crippen LogP contribution is -2.04. The minimum atomic E-state index is -0.796. The van der Waals surface area contributed by atoms with E-state index in [1.807, 2.05) is 32.0 Å². The lowest BCUT2D eigenvalue weighted by Gasteiger charge is -2.06. The Balaban J connectivity index is 2.06. The number of ketones is 1. The number of carbonyl (C=O) groups excluding carboxylic acids is 1. The van der Waals surface area contributed by atoms with Crippen molar-refractivity contribution in [2.75, 3.05) is 0 Å². The lowest BCUT2D eigenvalue weighted by molar-refractivity contribution is 0.0979. The van der Waals surface area contributed by atoms with Gasteiger partial charge in [-0.15, -0.1) is 0 Å². The molecular formula is C17H16F2O. The standard InChI is InChI=1S/C17H16F2O/c1-11-3-4-13(9-12(11)2)5-8-17(20)15-7-6-14(18)10-16(15)19/h3-4,6-7,9-10H,5,8H2,1-2H3. The van der Waals surface area contributed by atoms with E-state index in [0.29, 0.717) is 6.42 Å². The molecule has 0 aromatic heterocycles. The van der Waals surface area contributed by atoms with Crippen LogP contribution in [-0.2, 0) is 6.42 Å². The molecule has 0 aliphatic carbocycles. The number of rotatable bonds is 4. The molecule has 20 heavy (non-hydrogen) atoms. The van der Waals surface area contributed by atoms with Gasteiger partial charge in [0.25, 0.3) is 0 Å². The molecular weight excluding hydrogens is 258 g/mol. The number of benzene rings is 2. The fourth-order valence-electron chi connectivity index (χ4n) is 2.07. The Labute approximate surface area is 117 Å². The highest BCUT2D eigenvalue weighted by Crippen LogP contribution is 2.15. The molecule has 0 saturated heterocycles. The minimum Gasteiger partial charge on any atom is -0.294 e. The first-order valence-corrected chi connectivity index (χ1v) is 6.52. The van der Waals surface area contributed by atoms with Crippen LogP contribution < -0.4 is 0 Å². The summed E-state index contributed by atoms with van der Waals surface area (Å²) in [6, 6.07) is 9.05. The van der Waals surface area contributed by atoms with Crippen LogP contribution >= 0.6 is 0 Å². The summed E-state index contributed by atoms with van der Waals surface area (Å²) >= 11 is 0. The quantitative estimate of drug-likeness (QED) is 0.755. The van der Waals surface area contributed by atoms with Crippen molar-refractivity contribution in [3.05, 3.63) is 70.3 Å². The van der Waals surface area contributed by atoms with Crippen LogP contribution in [0.2, 0.25) is 0 Å². The molecule has 0 saturated carbocycles. The largest absolute Gasteiger partial charge is 0.294 e. The van der Waals surface area contributed by atoms with Crippen molar-refractivity contribution in [2.24, 2.45) is 0 Å². The van der Waals surface area contributed by atoms with Gasteiger partial charge in [-0.2, -0.15) is 0 Å². The van der Waals surface area contributed by atoms with Crippen molar-refractivity contribution in [1.29, 1.82) is 0 Å². The van der Waals surface area contributed by atoms with Crippen LogP contribution in [0, 0.1) is 25.5 Å². The van der Waals surface area contributed by atoms with Gasteiger partial charge in [0.05, 0.1) is 5.56 Å². The van der Waals surface area contributed by atoms with E-state index in [0.717, 1.165) is 17.7 Å². The average molecular weight is 274 g/mol. The third-order valence-corrected chi connectivity index (χ3v) is 3.44. The second-order valence-corrected chi connectivity index (χ2v) is 4.97. The number of Topliss-reactive ketones (excluding diaryl/α,β-unsaturated/α-hetero) is 1. The van der Waals surface area contributed by atoms with Gasteiger partial charge in [-0.25, -0.2) is 8.78 Å². The van der Waals surface area contributed by atoms with Crippen molar-refractivity contribution in [3.63, 3.8) is 0 Å². The number of aryl methyl sites for hydroxylation is 3. The molecule has 3 heteroatoms. The van der Waals surface area contributed by atoms with Gasteiger partial charge in [0.2, 0.25) is 0 Å². The van der Waals surface area contributed by atoms with Gasteiger partial charge in [0.1, 0.15) is 11.6 Å². The topological polar surface area (TPSA) is 17.1 Å². The van der Waals surface area contributed by atoms with Crippen molar-refractivity contribution in [1.82, 2.24) is 0 Å². The summed E-state index contributed by atoms with van der Waals surface area (Å²) < 4.78 is 26.3. The first-order valence-electron chi connectivity index (χ1n) is 6.52. The molecule has 0 spiro atoms. The second-order valence-electron chi connectivity index (χ2n) is 4.97. The highest BCUT2D eigenvalue weighted by Gasteiger charge is 2.12. The van der Waals surface area contributed by atoms with E-state index in [9.17, 15) is 13.6 Å². The molecule has 0 aliphatic rings. The fraction of sp³-hybridized carbons (Fsp3) is 0.235. The first kappa shape index (κ1) is 14.4. The average Bonchev–Trinajstić information content (AvgIpc) is 2.40. The Hall–Kier alpha value is -2.03. The Bertz CT molecular complexity index is 647. The Kier molecular flexibility index (Phi) is 4.28. The Morgan fingerprint density at radius 3 is 2.40 bits per heavy atom. The SMILES string of the molecule is Cc1ccc(CCC(=O)c2ccc(F)cc2F)cc1C. The van der Waals surface area contributed by atoms with Crippen LogP contribution in [0.25, 0.3) is 0 Å². The van der Waals surface area contributed by atoms with E-state index < -0.39 is 11.6 Å². The summed E-state index contributed by atoms with van der Waals surface area (Å²) in [5, 5.41) is 0. The van der Waals surface area contributed by atoms with Gasteiger partial charge < -0.3 is 0 Å². The normalized spacial score (nSPS) is 10.6. The highest BCUT2D eigenvalue weighted by atomic mass is 19.1. The molecule has 0 N–H and O–H groups in total. The van der Waals surface area contributed by atoms with Gasteiger partial charge >= 0.3 is 0 Å². The van der Waals surface area contributed by atoms with Crippen LogP contribution in [0.1, 0.15) is 33.5 Å². The van der Waals surface area contributed by atoms with Gasteiger partial charge in [-0.1, -0.05) is 18.2 Å². The van der Waals surface area contributed by atoms with E-state index in [-0.39, 0.29) is 17.8 Å². The molecule has 2 aromatic rings. The van der Waals surface area contributed by atoms with Crippen molar-refractivity contribution in [2.45, 2.75) is 26.7 Å². The van der Waals surface area contributed by atoms with E-state index in [1.54, 1.807) is 0 Å². The molecule has 1 nitrogen and oxygen atoms in total. The summed E-state index contributed by atoms with van der Waals surface area (Å²) in [5.41, 5.74) is 3.37. The maximum atomic E-state index is 13.5. The zero-order valence-corrected chi connectivity index (χ0v) is 11.5. The zero-order valence-electron chi connectivity index (χ0n) is 11.5. The van der Waals surface area contributed by atoms with Crippen LogP contribution in [-0.4, -0.2) is 5.78 Å². The summed E-state index contributed by atoms with van der Waals surface area (Å²) in [6.45, 7) is 4.04. The predicted molar refractivity (Wildman–Crippen MR) is 74.9 cm³/mol. The molecule has 0 amide bonds. The number of carbonyl (C=O) groups is 1. The summed E-state index contributed by atoms with van der Waals surface area (Å²) in [4.78, 5) is 11.9. The van der Waals surface area contributed by atoms with E-state index in [4.69, 9.17) is 0 Å². The molecule has 0 radical (unpaired) electrons. The molecule has 2 aromatic carbocycles. The van der Waals surface area contributed by atoms with Gasteiger partial charge in [0, 0.05) is 12.5 Å². The van der Waals surface area contributed by atoms with Crippen LogP contribution in [0.5, 0.6) is 0 Å². The van der Waals surface area contributed by atoms with Crippen molar-refractivity contribution in [3.8, 4) is 0 Å². The molecule has 0 aliphatic heterocycles. The molecule has 0 unspecified atom stereocenters. The number of hydrogen-bond donors (Lipinski definition) is 0. The van der Waals surface area contributed by atoms with Crippen LogP contribution in [0.15, 0.2) is 36.4 Å². The summed E-state index contributed by atoms with van der Waals surface area (Å²) in [7, 11) is 0. The van der Waals surface area contributed by atoms with Gasteiger partial charge in [-0.3, -0.25) is 4.79 Å². The van der Waals surface area contributed by atoms with Gasteiger partial charge in [0.15, 0.2) is 5.78 Å². The summed E-state index contributed by atoms with van der Waals surface area (Å²) in [6.07, 6.45) is 0.766. The third kappa shape index (κ3) is 3.29. The number of hydrogen-bond acceptors (Lipinski definition) is 1. The Morgan fingerprint density at radius 1 is 1.00 bits per heavy atom. The number of halogens is 2. The van der Waals surface area contributed by atoms with E-state index in [2.05, 4.69) is 0 Å². The molecule has 104 valence electrons. The molecule has 0 atom stereocenters. The zero-order chi connectivity index (χ0) is 14.7. The van der Waals surface area contributed by atoms with Crippen molar-refractivity contribution < 1.29 is 13.6 Å². The lowest BCUT2D eigenvalue weighted by atomic mass is 9.99. The minimum absolute atomic E-state index is 0.0461. The monoisotopic (exact) mass is 274 g/mol. The molecule has 2 rings (SSSR count). The highest BCUT2D eigenvalue weighted by molar-refractivity contribution is 5.96. The second kappa shape index (κ2) is 5.95. The smallest absolute Gasteiger partial charge is 0.166 e. The third-order valence-electron chi connectivity index (χ3n) is 3.44. The summed E-state index contributed by atoms with van der Waals surface area (Å²) in [5.74, 6) is -1.77. The Morgan fingerprint density at radius 2 is 1.75 bits per heavy atom. The van der Waals surface area contributed by atoms with Gasteiger partial charge in [-0.05, 0) is 49.1 Å². The molecule has 0 fully saturated rings. The van der Waals surface area contributed by atoms with E-state index in [1.165, 1.54) is 17.2 Å². The van der Waals surface area contributed by atoms with Crippen molar-refractivity contribution >= 4 is 5.78 Å². The van der Waals surface area contributed by atoms with E-state index >= 15 is 0 Å². The first-order chi connectivity index (χ1) is 9.47. The maximum absolute atomic E-state index is 13.5.